The first-order valence-corrected chi connectivity index (χ1v) is 7.13. The number of carbonyl (C=O) groups is 1. The van der Waals surface area contributed by atoms with Crippen molar-refractivity contribution in [3.63, 3.8) is 0 Å². The van der Waals surface area contributed by atoms with Gasteiger partial charge in [-0.3, -0.25) is 4.79 Å². The van der Waals surface area contributed by atoms with Crippen LogP contribution in [0.5, 0.6) is 0 Å². The van der Waals surface area contributed by atoms with Crippen molar-refractivity contribution in [3.8, 4) is 0 Å². The minimum absolute atomic E-state index is 0. The molecule has 0 saturated heterocycles. The molecule has 0 unspecified atom stereocenters. The highest BCUT2D eigenvalue weighted by molar-refractivity contribution is 5.85. The molecule has 0 aliphatic heterocycles. The summed E-state index contributed by atoms with van der Waals surface area (Å²) in [6.45, 7) is 2.53. The first-order valence-electron chi connectivity index (χ1n) is 7.13. The second-order valence-corrected chi connectivity index (χ2v) is 5.43. The molecule has 5 heteroatoms. The van der Waals surface area contributed by atoms with Crippen molar-refractivity contribution in [2.24, 2.45) is 5.41 Å². The average molecular weight is 293 g/mol. The number of amides is 1. The van der Waals surface area contributed by atoms with Gasteiger partial charge in [0.2, 0.25) is 5.91 Å². The molecule has 2 N–H and O–H groups in total. The van der Waals surface area contributed by atoms with Gasteiger partial charge < -0.3 is 15.4 Å². The topological polar surface area (TPSA) is 50.4 Å². The molecule has 0 aromatic heterocycles. The Morgan fingerprint density at radius 3 is 2.58 bits per heavy atom. The van der Waals surface area contributed by atoms with E-state index < -0.39 is 0 Å². The first kappa shape index (κ1) is 18.7. The van der Waals surface area contributed by atoms with Gasteiger partial charge in [0.15, 0.2) is 0 Å². The molecule has 1 aliphatic rings. The highest BCUT2D eigenvalue weighted by Crippen LogP contribution is 2.40. The molecule has 1 amide bonds. The van der Waals surface area contributed by atoms with Crippen LogP contribution in [0.3, 0.4) is 0 Å². The van der Waals surface area contributed by atoms with Crippen molar-refractivity contribution in [1.29, 1.82) is 0 Å². The number of methoxy groups -OCH3 is 1. The number of halogens is 1. The predicted molar refractivity (Wildman–Crippen MR) is 80.8 cm³/mol. The van der Waals surface area contributed by atoms with E-state index in [1.165, 1.54) is 25.7 Å². The van der Waals surface area contributed by atoms with E-state index in [1.807, 2.05) is 7.05 Å². The predicted octanol–water partition coefficient (Wildman–Crippen LogP) is 2.12. The molecule has 0 radical (unpaired) electrons. The summed E-state index contributed by atoms with van der Waals surface area (Å²) in [4.78, 5) is 11.7. The fraction of sp³-hybridized carbons (Fsp3) is 0.929. The van der Waals surface area contributed by atoms with Crippen molar-refractivity contribution in [2.45, 2.75) is 44.9 Å². The van der Waals surface area contributed by atoms with Crippen LogP contribution >= 0.6 is 12.4 Å². The monoisotopic (exact) mass is 292 g/mol. The molecular formula is C14H29ClN2O2. The van der Waals surface area contributed by atoms with E-state index in [2.05, 4.69) is 10.6 Å². The lowest BCUT2D eigenvalue weighted by molar-refractivity contribution is -0.121. The molecule has 1 aliphatic carbocycles. The van der Waals surface area contributed by atoms with E-state index in [0.29, 0.717) is 11.8 Å². The van der Waals surface area contributed by atoms with Crippen molar-refractivity contribution < 1.29 is 9.53 Å². The van der Waals surface area contributed by atoms with Crippen LogP contribution in [0.4, 0.5) is 0 Å². The first-order chi connectivity index (χ1) is 8.72. The molecule has 0 heterocycles. The van der Waals surface area contributed by atoms with Gasteiger partial charge in [0.25, 0.3) is 0 Å². The van der Waals surface area contributed by atoms with Gasteiger partial charge in [-0.15, -0.1) is 12.4 Å². The van der Waals surface area contributed by atoms with E-state index >= 15 is 0 Å². The molecule has 0 bridgehead atoms. The second kappa shape index (κ2) is 10.5. The molecule has 0 aromatic carbocycles. The van der Waals surface area contributed by atoms with Gasteiger partial charge in [-0.05, 0) is 44.7 Å². The lowest BCUT2D eigenvalue weighted by atomic mass is 9.83. The Kier molecular flexibility index (Phi) is 10.3. The third-order valence-electron chi connectivity index (χ3n) is 3.99. The van der Waals surface area contributed by atoms with Crippen LogP contribution in [-0.4, -0.2) is 39.8 Å². The zero-order valence-corrected chi connectivity index (χ0v) is 13.1. The van der Waals surface area contributed by atoms with Gasteiger partial charge in [0.05, 0.1) is 0 Å². The molecule has 0 atom stereocenters. The third-order valence-corrected chi connectivity index (χ3v) is 3.99. The lowest BCUT2D eigenvalue weighted by Crippen LogP contribution is -2.36. The molecule has 19 heavy (non-hydrogen) atoms. The Morgan fingerprint density at radius 2 is 2.00 bits per heavy atom. The molecule has 4 nitrogen and oxygen atoms in total. The summed E-state index contributed by atoms with van der Waals surface area (Å²) in [5.41, 5.74) is 0.300. The number of carbonyl (C=O) groups excluding carboxylic acids is 1. The van der Waals surface area contributed by atoms with Crippen molar-refractivity contribution in [2.75, 3.05) is 33.9 Å². The summed E-state index contributed by atoms with van der Waals surface area (Å²) in [5, 5.41) is 6.17. The van der Waals surface area contributed by atoms with Crippen LogP contribution in [0.25, 0.3) is 0 Å². The fourth-order valence-corrected chi connectivity index (χ4v) is 2.76. The molecule has 0 spiro atoms. The number of hydrogen-bond acceptors (Lipinski definition) is 3. The molecule has 114 valence electrons. The van der Waals surface area contributed by atoms with Gasteiger partial charge in [0, 0.05) is 26.7 Å². The van der Waals surface area contributed by atoms with Crippen molar-refractivity contribution >= 4 is 18.3 Å². The normalized spacial score (nSPS) is 16.9. The molecule has 1 saturated carbocycles. The van der Waals surface area contributed by atoms with E-state index in [0.717, 1.165) is 32.5 Å². The van der Waals surface area contributed by atoms with Crippen LogP contribution in [0.2, 0.25) is 0 Å². The lowest BCUT2D eigenvalue weighted by Gasteiger charge is -2.29. The van der Waals surface area contributed by atoms with Crippen LogP contribution in [0.15, 0.2) is 0 Å². The SMILES string of the molecule is CNCCCC(=O)NCC1(CCOC)CCCC1.Cl. The Hall–Kier alpha value is -0.320. The summed E-state index contributed by atoms with van der Waals surface area (Å²) >= 11 is 0. The van der Waals surface area contributed by atoms with Crippen LogP contribution in [0, 0.1) is 5.41 Å². The summed E-state index contributed by atoms with van der Waals surface area (Å²) in [6, 6.07) is 0. The van der Waals surface area contributed by atoms with Crippen LogP contribution in [0.1, 0.15) is 44.9 Å². The molecule has 1 rings (SSSR count). The van der Waals surface area contributed by atoms with Crippen molar-refractivity contribution in [1.82, 2.24) is 10.6 Å². The minimum Gasteiger partial charge on any atom is -0.385 e. The summed E-state index contributed by atoms with van der Waals surface area (Å²) in [5.74, 6) is 0.189. The zero-order valence-electron chi connectivity index (χ0n) is 12.3. The van der Waals surface area contributed by atoms with Gasteiger partial charge in [-0.1, -0.05) is 12.8 Å². The standard InChI is InChI=1S/C14H28N2O2.ClH/c1-15-10-5-6-13(17)16-12-14(9-11-18-2)7-3-4-8-14;/h15H,3-12H2,1-2H3,(H,16,17);1H. The molecule has 0 aromatic rings. The second-order valence-electron chi connectivity index (χ2n) is 5.43. The van der Waals surface area contributed by atoms with Crippen LogP contribution in [-0.2, 0) is 9.53 Å². The van der Waals surface area contributed by atoms with Gasteiger partial charge in [-0.2, -0.15) is 0 Å². The van der Waals surface area contributed by atoms with Crippen LogP contribution < -0.4 is 10.6 Å². The van der Waals surface area contributed by atoms with Gasteiger partial charge >= 0.3 is 0 Å². The average Bonchev–Trinajstić information content (AvgIpc) is 2.84. The highest BCUT2D eigenvalue weighted by Gasteiger charge is 2.33. The quantitative estimate of drug-likeness (QED) is 0.640. The largest absolute Gasteiger partial charge is 0.385 e. The summed E-state index contributed by atoms with van der Waals surface area (Å²) < 4.78 is 5.19. The number of hydrogen-bond donors (Lipinski definition) is 2. The maximum absolute atomic E-state index is 11.7. The maximum Gasteiger partial charge on any atom is 0.220 e. The number of ether oxygens (including phenoxy) is 1. The number of rotatable bonds is 9. The fourth-order valence-electron chi connectivity index (χ4n) is 2.76. The minimum atomic E-state index is 0. The Morgan fingerprint density at radius 1 is 1.32 bits per heavy atom. The summed E-state index contributed by atoms with van der Waals surface area (Å²) in [6.07, 6.45) is 7.65. The highest BCUT2D eigenvalue weighted by atomic mass is 35.5. The molecule has 1 fully saturated rings. The van der Waals surface area contributed by atoms with Gasteiger partial charge in [-0.25, -0.2) is 0 Å². The van der Waals surface area contributed by atoms with E-state index in [-0.39, 0.29) is 18.3 Å². The Bertz CT molecular complexity index is 244. The maximum atomic E-state index is 11.7. The van der Waals surface area contributed by atoms with E-state index in [1.54, 1.807) is 7.11 Å². The zero-order chi connectivity index (χ0) is 13.3. The van der Waals surface area contributed by atoms with Crippen molar-refractivity contribution in [3.05, 3.63) is 0 Å². The van der Waals surface area contributed by atoms with E-state index in [9.17, 15) is 4.79 Å². The summed E-state index contributed by atoms with van der Waals surface area (Å²) in [7, 11) is 3.66. The molecular weight excluding hydrogens is 264 g/mol. The Labute approximate surface area is 123 Å². The third kappa shape index (κ3) is 7.14. The number of nitrogens with one attached hydrogen (secondary N) is 2. The van der Waals surface area contributed by atoms with Gasteiger partial charge in [0.1, 0.15) is 0 Å². The smallest absolute Gasteiger partial charge is 0.220 e. The van der Waals surface area contributed by atoms with E-state index in [4.69, 9.17) is 4.74 Å². The Balaban J connectivity index is 0.00000324.